The summed E-state index contributed by atoms with van der Waals surface area (Å²) >= 11 is 0. The standard InChI is InChI=1S/C26H28N6O/c27-24-23-19(5-4-17-2-1-3-18(14-17)26(33)30-20-6-7-20)15-32(25(23)29-16-28-24)22-10-12-31(13-11-22)21-8-9-21/h1-3,14-16,20-22H,6-13H2,(H,30,33)(H2,27,28,29). The first-order valence-corrected chi connectivity index (χ1v) is 11.9. The van der Waals surface area contributed by atoms with Gasteiger partial charge in [-0.15, -0.1) is 0 Å². The van der Waals surface area contributed by atoms with Crippen LogP contribution in [0.25, 0.3) is 11.0 Å². The topological polar surface area (TPSA) is 89.1 Å². The highest BCUT2D eigenvalue weighted by molar-refractivity contribution is 5.95. The van der Waals surface area contributed by atoms with Crippen LogP contribution >= 0.6 is 0 Å². The van der Waals surface area contributed by atoms with E-state index in [9.17, 15) is 4.79 Å². The number of nitrogen functional groups attached to an aromatic ring is 1. The van der Waals surface area contributed by atoms with Gasteiger partial charge in [-0.05, 0) is 56.7 Å². The van der Waals surface area contributed by atoms with Gasteiger partial charge < -0.3 is 20.5 Å². The second-order valence-electron chi connectivity index (χ2n) is 9.48. The summed E-state index contributed by atoms with van der Waals surface area (Å²) in [6.45, 7) is 2.26. The molecule has 3 aliphatic rings. The summed E-state index contributed by atoms with van der Waals surface area (Å²) in [4.78, 5) is 23.8. The lowest BCUT2D eigenvalue weighted by Gasteiger charge is -2.32. The van der Waals surface area contributed by atoms with Crippen LogP contribution in [0.15, 0.2) is 36.8 Å². The summed E-state index contributed by atoms with van der Waals surface area (Å²) in [6, 6.07) is 9.01. The van der Waals surface area contributed by atoms with Gasteiger partial charge in [0.2, 0.25) is 0 Å². The first-order valence-electron chi connectivity index (χ1n) is 11.9. The predicted octanol–water partition coefficient (Wildman–Crippen LogP) is 3.10. The Kier molecular flexibility index (Phi) is 5.03. The molecule has 7 nitrogen and oxygen atoms in total. The molecule has 3 N–H and O–H groups in total. The van der Waals surface area contributed by atoms with E-state index in [2.05, 4.69) is 42.8 Å². The Morgan fingerprint density at radius 3 is 2.61 bits per heavy atom. The highest BCUT2D eigenvalue weighted by Gasteiger charge is 2.32. The van der Waals surface area contributed by atoms with E-state index in [1.165, 1.54) is 19.2 Å². The molecular weight excluding hydrogens is 412 g/mol. The van der Waals surface area contributed by atoms with Crippen molar-refractivity contribution in [2.75, 3.05) is 18.8 Å². The maximum atomic E-state index is 12.4. The number of carbonyl (C=O) groups excluding carboxylic acids is 1. The van der Waals surface area contributed by atoms with Gasteiger partial charge >= 0.3 is 0 Å². The van der Waals surface area contributed by atoms with Crippen LogP contribution in [0.2, 0.25) is 0 Å². The number of amides is 1. The van der Waals surface area contributed by atoms with E-state index in [0.29, 0.717) is 23.5 Å². The Bertz CT molecular complexity index is 1270. The maximum absolute atomic E-state index is 12.4. The van der Waals surface area contributed by atoms with Crippen molar-refractivity contribution in [1.29, 1.82) is 0 Å². The highest BCUT2D eigenvalue weighted by atomic mass is 16.1. The summed E-state index contributed by atoms with van der Waals surface area (Å²) in [5, 5.41) is 3.85. The lowest BCUT2D eigenvalue weighted by molar-refractivity contribution is 0.0951. The van der Waals surface area contributed by atoms with Gasteiger partial charge in [-0.2, -0.15) is 0 Å². The van der Waals surface area contributed by atoms with Gasteiger partial charge in [0.05, 0.1) is 10.9 Å². The molecule has 3 heterocycles. The minimum Gasteiger partial charge on any atom is -0.383 e. The molecule has 33 heavy (non-hydrogen) atoms. The number of aromatic nitrogens is 3. The summed E-state index contributed by atoms with van der Waals surface area (Å²) in [6.07, 6.45) is 10.7. The summed E-state index contributed by atoms with van der Waals surface area (Å²) < 4.78 is 2.25. The first kappa shape index (κ1) is 20.3. The second kappa shape index (κ2) is 8.20. The van der Waals surface area contributed by atoms with E-state index in [0.717, 1.165) is 67.0 Å². The minimum atomic E-state index is -0.0343. The zero-order valence-electron chi connectivity index (χ0n) is 18.6. The molecule has 3 aromatic rings. The molecule has 1 amide bonds. The number of carbonyl (C=O) groups is 1. The van der Waals surface area contributed by atoms with Gasteiger partial charge in [-0.3, -0.25) is 4.79 Å². The van der Waals surface area contributed by atoms with Crippen LogP contribution < -0.4 is 11.1 Å². The van der Waals surface area contributed by atoms with Crippen LogP contribution in [-0.4, -0.2) is 50.5 Å². The van der Waals surface area contributed by atoms with Crippen molar-refractivity contribution in [2.45, 2.75) is 56.7 Å². The zero-order chi connectivity index (χ0) is 22.4. The molecular formula is C26H28N6O. The molecule has 0 spiro atoms. The number of benzene rings is 1. The Morgan fingerprint density at radius 1 is 1.03 bits per heavy atom. The molecule has 2 aromatic heterocycles. The molecule has 3 fully saturated rings. The number of nitrogens with one attached hydrogen (secondary N) is 1. The Balaban J connectivity index is 1.29. The van der Waals surface area contributed by atoms with E-state index in [1.54, 1.807) is 0 Å². The van der Waals surface area contributed by atoms with Crippen molar-refractivity contribution in [3.63, 3.8) is 0 Å². The zero-order valence-corrected chi connectivity index (χ0v) is 18.6. The van der Waals surface area contributed by atoms with Gasteiger partial charge in [-0.25, -0.2) is 9.97 Å². The maximum Gasteiger partial charge on any atom is 0.251 e. The van der Waals surface area contributed by atoms with Crippen LogP contribution in [-0.2, 0) is 0 Å². The summed E-state index contributed by atoms with van der Waals surface area (Å²) in [7, 11) is 0. The van der Waals surface area contributed by atoms with Crippen LogP contribution in [0.3, 0.4) is 0 Å². The number of nitrogens with zero attached hydrogens (tertiary/aromatic N) is 4. The fraction of sp³-hybridized carbons (Fsp3) is 0.423. The number of anilines is 1. The third-order valence-corrected chi connectivity index (χ3v) is 6.97. The number of nitrogens with two attached hydrogens (primary N) is 1. The fourth-order valence-corrected chi connectivity index (χ4v) is 4.82. The van der Waals surface area contributed by atoms with E-state index in [4.69, 9.17) is 5.73 Å². The van der Waals surface area contributed by atoms with Crippen LogP contribution in [0.4, 0.5) is 5.82 Å². The summed E-state index contributed by atoms with van der Waals surface area (Å²) in [5.41, 5.74) is 9.39. The SMILES string of the molecule is Nc1ncnc2c1c(C#Cc1cccc(C(=O)NC3CC3)c1)cn2C1CCN(C2CC2)CC1. The molecule has 1 aliphatic heterocycles. The third kappa shape index (κ3) is 4.19. The van der Waals surface area contributed by atoms with E-state index < -0.39 is 0 Å². The Labute approximate surface area is 193 Å². The Morgan fingerprint density at radius 2 is 1.85 bits per heavy atom. The number of rotatable bonds is 4. The number of fused-ring (bicyclic) bond motifs is 1. The number of piperidine rings is 1. The molecule has 0 atom stereocenters. The molecule has 1 aromatic carbocycles. The normalized spacial score (nSPS) is 19.3. The average molecular weight is 441 g/mol. The Hall–Kier alpha value is -3.37. The number of hydrogen-bond acceptors (Lipinski definition) is 5. The lowest BCUT2D eigenvalue weighted by atomic mass is 10.0. The summed E-state index contributed by atoms with van der Waals surface area (Å²) in [5.74, 6) is 6.94. The van der Waals surface area contributed by atoms with Gasteiger partial charge in [0.25, 0.3) is 5.91 Å². The van der Waals surface area contributed by atoms with Crippen LogP contribution in [0.5, 0.6) is 0 Å². The smallest absolute Gasteiger partial charge is 0.251 e. The minimum absolute atomic E-state index is 0.0343. The van der Waals surface area contributed by atoms with Crippen molar-refractivity contribution in [1.82, 2.24) is 24.8 Å². The molecule has 168 valence electrons. The molecule has 2 aliphatic carbocycles. The molecule has 2 saturated carbocycles. The number of likely N-dealkylation sites (tertiary alicyclic amines) is 1. The molecule has 6 rings (SSSR count). The third-order valence-electron chi connectivity index (χ3n) is 6.97. The fourth-order valence-electron chi connectivity index (χ4n) is 4.82. The quantitative estimate of drug-likeness (QED) is 0.609. The molecule has 0 unspecified atom stereocenters. The average Bonchev–Trinajstić information content (AvgIpc) is 3.77. The van der Waals surface area contributed by atoms with Gasteiger partial charge in [0.15, 0.2) is 0 Å². The van der Waals surface area contributed by atoms with Crippen LogP contribution in [0.1, 0.15) is 66.1 Å². The molecule has 0 radical (unpaired) electrons. The van der Waals surface area contributed by atoms with Crippen molar-refractivity contribution in [3.05, 3.63) is 53.5 Å². The molecule has 1 saturated heterocycles. The number of hydrogen-bond donors (Lipinski definition) is 2. The van der Waals surface area contributed by atoms with Gasteiger partial charge in [-0.1, -0.05) is 17.9 Å². The van der Waals surface area contributed by atoms with Gasteiger partial charge in [0, 0.05) is 48.5 Å². The van der Waals surface area contributed by atoms with E-state index >= 15 is 0 Å². The largest absolute Gasteiger partial charge is 0.383 e. The van der Waals surface area contributed by atoms with Crippen molar-refractivity contribution in [2.24, 2.45) is 0 Å². The monoisotopic (exact) mass is 440 g/mol. The second-order valence-corrected chi connectivity index (χ2v) is 9.48. The lowest BCUT2D eigenvalue weighted by Crippen LogP contribution is -2.36. The predicted molar refractivity (Wildman–Crippen MR) is 128 cm³/mol. The molecule has 7 heteroatoms. The van der Waals surface area contributed by atoms with E-state index in [1.807, 2.05) is 24.3 Å². The van der Waals surface area contributed by atoms with Crippen molar-refractivity contribution < 1.29 is 4.79 Å². The van der Waals surface area contributed by atoms with Crippen LogP contribution in [0, 0.1) is 11.8 Å². The molecule has 0 bridgehead atoms. The van der Waals surface area contributed by atoms with Crippen molar-refractivity contribution in [3.8, 4) is 11.8 Å². The van der Waals surface area contributed by atoms with Gasteiger partial charge in [0.1, 0.15) is 17.8 Å². The van der Waals surface area contributed by atoms with Crippen molar-refractivity contribution >= 4 is 22.8 Å². The van der Waals surface area contributed by atoms with E-state index in [-0.39, 0.29) is 5.91 Å². The first-order chi connectivity index (χ1) is 16.2. The highest BCUT2D eigenvalue weighted by Crippen LogP contribution is 2.35.